The lowest BCUT2D eigenvalue weighted by Crippen LogP contribution is -2.31. The Kier molecular flexibility index (Phi) is 5.52. The summed E-state index contributed by atoms with van der Waals surface area (Å²) < 4.78 is 0. The zero-order valence-corrected chi connectivity index (χ0v) is 14.9. The molecule has 1 amide bonds. The second-order valence-electron chi connectivity index (χ2n) is 6.97. The maximum Gasteiger partial charge on any atom is 0.234 e. The molecule has 6 heteroatoms. The average Bonchev–Trinajstić information content (AvgIpc) is 2.54. The number of hydrogen-bond donors (Lipinski definition) is 4. The standard InChI is InChI=1S/C19H25NO5/c1-9-5-10(2)16(22)12(4)19(25)20-15-8-13(21)7-14(18(15)24)17(23)11(3)6-9/h6-8,10-12,17,21,23-24H,5H2,1-4H3,(H,20,25)/b9-6+/t10-,11+,12-,17-/m0/s1. The molecule has 0 saturated carbocycles. The number of rotatable bonds is 0. The van der Waals surface area contributed by atoms with Gasteiger partial charge in [-0.3, -0.25) is 9.59 Å². The van der Waals surface area contributed by atoms with Gasteiger partial charge in [-0.25, -0.2) is 0 Å². The summed E-state index contributed by atoms with van der Waals surface area (Å²) in [6, 6.07) is 2.46. The third-order valence-electron chi connectivity index (χ3n) is 4.68. The van der Waals surface area contributed by atoms with Gasteiger partial charge in [0.05, 0.1) is 17.7 Å². The van der Waals surface area contributed by atoms with E-state index in [1.54, 1.807) is 13.8 Å². The number of nitrogens with one attached hydrogen (secondary N) is 1. The zero-order valence-electron chi connectivity index (χ0n) is 14.9. The van der Waals surface area contributed by atoms with Gasteiger partial charge in [0.25, 0.3) is 0 Å². The van der Waals surface area contributed by atoms with Crippen LogP contribution in [0, 0.1) is 17.8 Å². The van der Waals surface area contributed by atoms with Crippen LogP contribution in [-0.4, -0.2) is 27.0 Å². The number of carbonyl (C=O) groups excluding carboxylic acids is 2. The Morgan fingerprint density at radius 3 is 2.40 bits per heavy atom. The number of fused-ring (bicyclic) bond motifs is 2. The van der Waals surface area contributed by atoms with Gasteiger partial charge in [-0.05, 0) is 26.3 Å². The number of aromatic hydroxyl groups is 2. The molecule has 6 nitrogen and oxygen atoms in total. The molecular weight excluding hydrogens is 322 g/mol. The van der Waals surface area contributed by atoms with Gasteiger partial charge in [0.2, 0.25) is 5.91 Å². The summed E-state index contributed by atoms with van der Waals surface area (Å²) in [5.74, 6) is -2.86. The summed E-state index contributed by atoms with van der Waals surface area (Å²) in [7, 11) is 0. The first kappa shape index (κ1) is 19.0. The number of benzene rings is 1. The second-order valence-corrected chi connectivity index (χ2v) is 6.97. The third kappa shape index (κ3) is 4.02. The van der Waals surface area contributed by atoms with Crippen LogP contribution in [0.4, 0.5) is 5.69 Å². The molecule has 0 spiro atoms. The second kappa shape index (κ2) is 7.27. The molecule has 2 rings (SSSR count). The molecule has 1 aliphatic rings. The minimum Gasteiger partial charge on any atom is -0.508 e. The van der Waals surface area contributed by atoms with Crippen molar-refractivity contribution in [2.45, 2.75) is 40.2 Å². The summed E-state index contributed by atoms with van der Waals surface area (Å²) in [6.45, 7) is 6.94. The van der Waals surface area contributed by atoms with Crippen molar-refractivity contribution in [1.82, 2.24) is 0 Å². The molecule has 4 atom stereocenters. The van der Waals surface area contributed by atoms with Gasteiger partial charge < -0.3 is 20.6 Å². The first-order valence-corrected chi connectivity index (χ1v) is 8.37. The predicted molar refractivity (Wildman–Crippen MR) is 94.2 cm³/mol. The van der Waals surface area contributed by atoms with Crippen molar-refractivity contribution in [3.05, 3.63) is 29.3 Å². The smallest absolute Gasteiger partial charge is 0.234 e. The van der Waals surface area contributed by atoms with E-state index in [9.17, 15) is 24.9 Å². The molecule has 0 fully saturated rings. The first-order valence-electron chi connectivity index (χ1n) is 8.37. The molecule has 1 aliphatic heterocycles. The molecule has 0 saturated heterocycles. The van der Waals surface area contributed by atoms with Gasteiger partial charge in [-0.15, -0.1) is 0 Å². The summed E-state index contributed by atoms with van der Waals surface area (Å²) in [4.78, 5) is 24.8. The van der Waals surface area contributed by atoms with Crippen molar-refractivity contribution in [2.24, 2.45) is 17.8 Å². The number of carbonyl (C=O) groups is 2. The maximum atomic E-state index is 12.5. The van der Waals surface area contributed by atoms with Crippen LogP contribution in [0.2, 0.25) is 0 Å². The van der Waals surface area contributed by atoms with Crippen molar-refractivity contribution in [2.75, 3.05) is 5.32 Å². The van der Waals surface area contributed by atoms with E-state index in [2.05, 4.69) is 5.32 Å². The van der Waals surface area contributed by atoms with E-state index in [1.165, 1.54) is 19.1 Å². The molecule has 0 unspecified atom stereocenters. The normalized spacial score (nSPS) is 30.4. The van der Waals surface area contributed by atoms with E-state index in [1.807, 2.05) is 13.0 Å². The Morgan fingerprint density at radius 1 is 1.12 bits per heavy atom. The number of aliphatic hydroxyl groups is 1. The summed E-state index contributed by atoms with van der Waals surface area (Å²) in [6.07, 6.45) is 1.26. The van der Waals surface area contributed by atoms with Gasteiger partial charge in [0, 0.05) is 23.5 Å². The van der Waals surface area contributed by atoms with Crippen LogP contribution in [0.15, 0.2) is 23.8 Å². The maximum absolute atomic E-state index is 12.5. The molecule has 0 aromatic heterocycles. The van der Waals surface area contributed by atoms with Gasteiger partial charge >= 0.3 is 0 Å². The van der Waals surface area contributed by atoms with E-state index < -0.39 is 17.9 Å². The van der Waals surface area contributed by atoms with Crippen LogP contribution < -0.4 is 5.32 Å². The lowest BCUT2D eigenvalue weighted by atomic mass is 9.88. The average molecular weight is 347 g/mol. The number of anilines is 1. The first-order chi connectivity index (χ1) is 11.6. The zero-order chi connectivity index (χ0) is 18.9. The van der Waals surface area contributed by atoms with Crippen LogP contribution in [0.1, 0.15) is 45.8 Å². The highest BCUT2D eigenvalue weighted by Crippen LogP contribution is 2.39. The molecule has 4 N–H and O–H groups in total. The summed E-state index contributed by atoms with van der Waals surface area (Å²) in [5, 5.41) is 33.3. The molecule has 1 aromatic carbocycles. The highest BCUT2D eigenvalue weighted by atomic mass is 16.3. The largest absolute Gasteiger partial charge is 0.508 e. The van der Waals surface area contributed by atoms with Gasteiger partial charge in [-0.2, -0.15) is 0 Å². The minimum absolute atomic E-state index is 0.0292. The van der Waals surface area contributed by atoms with Crippen molar-refractivity contribution in [3.63, 3.8) is 0 Å². The number of hydrogen-bond acceptors (Lipinski definition) is 5. The lowest BCUT2D eigenvalue weighted by Gasteiger charge is -2.20. The summed E-state index contributed by atoms with van der Waals surface area (Å²) in [5.41, 5.74) is 1.01. The van der Waals surface area contributed by atoms with Crippen molar-refractivity contribution >= 4 is 17.4 Å². The monoisotopic (exact) mass is 347 g/mol. The number of allylic oxidation sites excluding steroid dienone is 1. The Hall–Kier alpha value is -2.34. The fourth-order valence-corrected chi connectivity index (χ4v) is 3.23. The number of amides is 1. The highest BCUT2D eigenvalue weighted by Gasteiger charge is 2.29. The van der Waals surface area contributed by atoms with Gasteiger partial charge in [0.15, 0.2) is 0 Å². The fraction of sp³-hybridized carbons (Fsp3) is 0.474. The number of phenols is 2. The number of aliphatic hydroxyl groups excluding tert-OH is 1. The molecule has 1 heterocycles. The molecule has 1 aromatic rings. The lowest BCUT2D eigenvalue weighted by molar-refractivity contribution is -0.132. The van der Waals surface area contributed by atoms with Crippen molar-refractivity contribution in [3.8, 4) is 11.5 Å². The molecular formula is C19H25NO5. The third-order valence-corrected chi connectivity index (χ3v) is 4.68. The van der Waals surface area contributed by atoms with E-state index in [0.29, 0.717) is 6.42 Å². The topological polar surface area (TPSA) is 107 Å². The summed E-state index contributed by atoms with van der Waals surface area (Å²) >= 11 is 0. The van der Waals surface area contributed by atoms with E-state index >= 15 is 0 Å². The van der Waals surface area contributed by atoms with Crippen LogP contribution in [0.25, 0.3) is 0 Å². The number of ketones is 1. The van der Waals surface area contributed by atoms with Crippen molar-refractivity contribution < 1.29 is 24.9 Å². The Balaban J connectivity index is 2.58. The highest BCUT2D eigenvalue weighted by molar-refractivity contribution is 6.08. The van der Waals surface area contributed by atoms with Gasteiger partial charge in [-0.1, -0.05) is 25.5 Å². The van der Waals surface area contributed by atoms with Crippen molar-refractivity contribution in [1.29, 1.82) is 0 Å². The Bertz CT molecular complexity index is 725. The molecule has 136 valence electrons. The molecule has 2 bridgehead atoms. The Labute approximate surface area is 147 Å². The minimum atomic E-state index is -1.07. The molecule has 0 aliphatic carbocycles. The molecule has 25 heavy (non-hydrogen) atoms. The van der Waals surface area contributed by atoms with Crippen LogP contribution in [-0.2, 0) is 9.59 Å². The number of Topliss-reactive ketones (excluding diaryl/α,β-unsaturated/α-hetero) is 1. The van der Waals surface area contributed by atoms with E-state index in [-0.39, 0.29) is 40.4 Å². The predicted octanol–water partition coefficient (Wildman–Crippen LogP) is 2.90. The molecule has 0 radical (unpaired) electrons. The van der Waals surface area contributed by atoms with Crippen LogP contribution in [0.5, 0.6) is 11.5 Å². The fourth-order valence-electron chi connectivity index (χ4n) is 3.23. The number of phenolic OH excluding ortho intramolecular Hbond substituents is 2. The Morgan fingerprint density at radius 2 is 1.76 bits per heavy atom. The quantitative estimate of drug-likeness (QED) is 0.250. The SMILES string of the molecule is C/C1=C\[C@@H](C)[C@H](O)c2cc(O)cc(c2O)NC(=O)[C@@H](C)C(=O)[C@@H](C)C1. The van der Waals surface area contributed by atoms with Gasteiger partial charge in [0.1, 0.15) is 17.3 Å². The van der Waals surface area contributed by atoms with E-state index in [0.717, 1.165) is 5.57 Å². The van der Waals surface area contributed by atoms with Crippen LogP contribution in [0.3, 0.4) is 0 Å². The van der Waals surface area contributed by atoms with E-state index in [4.69, 9.17) is 0 Å². The van der Waals surface area contributed by atoms with Crippen LogP contribution >= 0.6 is 0 Å².